The first-order valence-corrected chi connectivity index (χ1v) is 9.98. The topological polar surface area (TPSA) is 50.9 Å². The van der Waals surface area contributed by atoms with Crippen LogP contribution in [0.25, 0.3) is 0 Å². The van der Waals surface area contributed by atoms with E-state index in [4.69, 9.17) is 0 Å². The smallest absolute Gasteiger partial charge is 0.317 e. The summed E-state index contributed by atoms with van der Waals surface area (Å²) in [4.78, 5) is 19.1. The maximum absolute atomic E-state index is 13.8. The van der Waals surface area contributed by atoms with Crippen LogP contribution in [0.15, 0.2) is 24.3 Å². The number of anilines is 1. The zero-order valence-corrected chi connectivity index (χ0v) is 16.5. The van der Waals surface area contributed by atoms with E-state index in [2.05, 4.69) is 34.4 Å². The normalized spacial score (nSPS) is 21.1. The molecule has 2 heterocycles. The summed E-state index contributed by atoms with van der Waals surface area (Å²) in [6.45, 7) is 8.64. The second-order valence-electron chi connectivity index (χ2n) is 7.84. The van der Waals surface area contributed by atoms with Crippen molar-refractivity contribution in [3.05, 3.63) is 30.1 Å². The van der Waals surface area contributed by atoms with Gasteiger partial charge in [0.1, 0.15) is 5.82 Å². The number of urea groups is 1. The Morgan fingerprint density at radius 1 is 1.15 bits per heavy atom. The average molecular weight is 378 g/mol. The second kappa shape index (κ2) is 9.37. The fraction of sp³-hybridized carbons (Fsp3) is 0.650. The zero-order chi connectivity index (χ0) is 19.2. The Hall–Kier alpha value is -1.86. The van der Waals surface area contributed by atoms with Gasteiger partial charge in [-0.3, -0.25) is 4.90 Å². The first-order valence-electron chi connectivity index (χ1n) is 9.98. The fourth-order valence-corrected chi connectivity index (χ4v) is 3.79. The van der Waals surface area contributed by atoms with Gasteiger partial charge in [-0.1, -0.05) is 12.1 Å². The fourth-order valence-electron chi connectivity index (χ4n) is 3.79. The first-order chi connectivity index (χ1) is 13.0. The third-order valence-corrected chi connectivity index (χ3v) is 5.51. The lowest BCUT2D eigenvalue weighted by Crippen LogP contribution is -2.53. The number of likely N-dealkylation sites (N-methyl/N-ethyl adjacent to an activating group) is 1. The molecule has 1 unspecified atom stereocenters. The van der Waals surface area contributed by atoms with Crippen molar-refractivity contribution in [3.63, 3.8) is 0 Å². The molecular weight excluding hydrogens is 345 g/mol. The highest BCUT2D eigenvalue weighted by Gasteiger charge is 2.24. The molecule has 27 heavy (non-hydrogen) atoms. The molecule has 0 saturated carbocycles. The minimum atomic E-state index is -0.226. The van der Waals surface area contributed by atoms with Crippen LogP contribution in [0.5, 0.6) is 0 Å². The highest BCUT2D eigenvalue weighted by atomic mass is 19.1. The summed E-state index contributed by atoms with van der Waals surface area (Å²) in [6, 6.07) is 7.10. The van der Waals surface area contributed by atoms with Crippen LogP contribution in [0.2, 0.25) is 0 Å². The molecule has 0 aromatic heterocycles. The Balaban J connectivity index is 1.38. The highest BCUT2D eigenvalue weighted by molar-refractivity contribution is 5.74. The van der Waals surface area contributed by atoms with Gasteiger partial charge in [0.15, 0.2) is 0 Å². The lowest BCUT2D eigenvalue weighted by molar-refractivity contribution is 0.140. The van der Waals surface area contributed by atoms with Crippen LogP contribution in [0.1, 0.15) is 19.8 Å². The van der Waals surface area contributed by atoms with Gasteiger partial charge in [0.05, 0.1) is 5.69 Å². The Morgan fingerprint density at radius 2 is 1.81 bits per heavy atom. The molecule has 2 N–H and O–H groups in total. The van der Waals surface area contributed by atoms with Crippen molar-refractivity contribution in [3.8, 4) is 0 Å². The number of benzene rings is 1. The number of rotatable bonds is 5. The van der Waals surface area contributed by atoms with E-state index in [0.29, 0.717) is 18.8 Å². The highest BCUT2D eigenvalue weighted by Crippen LogP contribution is 2.19. The Bertz CT molecular complexity index is 612. The van der Waals surface area contributed by atoms with Gasteiger partial charge in [-0.05, 0) is 38.9 Å². The molecule has 0 radical (unpaired) electrons. The molecule has 1 atom stereocenters. The molecule has 2 aliphatic heterocycles. The van der Waals surface area contributed by atoms with E-state index < -0.39 is 0 Å². The van der Waals surface area contributed by atoms with Gasteiger partial charge in [-0.25, -0.2) is 9.18 Å². The Labute approximate surface area is 161 Å². The minimum absolute atomic E-state index is 0.0148. The van der Waals surface area contributed by atoms with Crippen LogP contribution in [-0.2, 0) is 0 Å². The first kappa shape index (κ1) is 19.9. The van der Waals surface area contributed by atoms with Gasteiger partial charge >= 0.3 is 6.03 Å². The number of halogens is 1. The molecule has 2 aliphatic rings. The zero-order valence-electron chi connectivity index (χ0n) is 16.5. The van der Waals surface area contributed by atoms with Gasteiger partial charge < -0.3 is 20.4 Å². The monoisotopic (exact) mass is 377 g/mol. The van der Waals surface area contributed by atoms with E-state index in [-0.39, 0.29) is 23.9 Å². The maximum atomic E-state index is 13.8. The number of likely N-dealkylation sites (tertiary alicyclic amines) is 1. The molecule has 1 aromatic rings. The number of amides is 2. The van der Waals surface area contributed by atoms with Crippen LogP contribution in [0.4, 0.5) is 14.9 Å². The van der Waals surface area contributed by atoms with Crippen molar-refractivity contribution >= 4 is 11.7 Å². The van der Waals surface area contributed by atoms with Crippen molar-refractivity contribution in [2.75, 3.05) is 58.2 Å². The number of hydrogen-bond donors (Lipinski definition) is 2. The van der Waals surface area contributed by atoms with Crippen molar-refractivity contribution in [2.24, 2.45) is 0 Å². The number of nitrogens with zero attached hydrogens (tertiary/aromatic N) is 3. The largest absolute Gasteiger partial charge is 0.380 e. The summed E-state index contributed by atoms with van der Waals surface area (Å²) in [6.07, 6.45) is 1.66. The van der Waals surface area contributed by atoms with E-state index in [1.165, 1.54) is 6.07 Å². The standard InChI is InChI=1S/C20H32FN5O/c1-16(15-25-13-11-24(2)12-14-25)22-20(27)26-9-7-17(8-10-26)23-19-6-4-3-5-18(19)21/h3-6,16-17,23H,7-15H2,1-2H3,(H,22,27). The van der Waals surface area contributed by atoms with Crippen LogP contribution in [0, 0.1) is 5.82 Å². The minimum Gasteiger partial charge on any atom is -0.380 e. The van der Waals surface area contributed by atoms with E-state index in [1.807, 2.05) is 11.0 Å². The van der Waals surface area contributed by atoms with Gasteiger partial charge in [0.2, 0.25) is 0 Å². The average Bonchev–Trinajstić information content (AvgIpc) is 2.66. The van der Waals surface area contributed by atoms with Crippen molar-refractivity contribution in [1.29, 1.82) is 0 Å². The summed E-state index contributed by atoms with van der Waals surface area (Å²) >= 11 is 0. The molecule has 0 aliphatic carbocycles. The SMILES string of the molecule is CC(CN1CCN(C)CC1)NC(=O)N1CCC(Nc2ccccc2F)CC1. The number of piperazine rings is 1. The van der Waals surface area contributed by atoms with E-state index in [1.54, 1.807) is 12.1 Å². The molecule has 3 rings (SSSR count). The lowest BCUT2D eigenvalue weighted by atomic mass is 10.0. The quantitative estimate of drug-likeness (QED) is 0.825. The predicted molar refractivity (Wildman–Crippen MR) is 107 cm³/mol. The second-order valence-corrected chi connectivity index (χ2v) is 7.84. The van der Waals surface area contributed by atoms with Crippen molar-refractivity contribution in [1.82, 2.24) is 20.0 Å². The van der Waals surface area contributed by atoms with Crippen LogP contribution in [0.3, 0.4) is 0 Å². The Morgan fingerprint density at radius 3 is 2.48 bits per heavy atom. The summed E-state index contributed by atoms with van der Waals surface area (Å²) in [5, 5.41) is 6.40. The third kappa shape index (κ3) is 5.81. The number of piperidine rings is 1. The van der Waals surface area contributed by atoms with Gasteiger partial charge in [0.25, 0.3) is 0 Å². The van der Waals surface area contributed by atoms with E-state index in [9.17, 15) is 9.18 Å². The summed E-state index contributed by atoms with van der Waals surface area (Å²) in [5.74, 6) is -0.226. The number of nitrogens with one attached hydrogen (secondary N) is 2. The number of hydrogen-bond acceptors (Lipinski definition) is 4. The molecule has 0 spiro atoms. The predicted octanol–water partition coefficient (Wildman–Crippen LogP) is 2.05. The van der Waals surface area contributed by atoms with Crippen molar-refractivity contribution < 1.29 is 9.18 Å². The van der Waals surface area contributed by atoms with E-state index >= 15 is 0 Å². The molecule has 0 bridgehead atoms. The van der Waals surface area contributed by atoms with Gasteiger partial charge in [-0.2, -0.15) is 0 Å². The molecule has 7 heteroatoms. The maximum Gasteiger partial charge on any atom is 0.317 e. The lowest BCUT2D eigenvalue weighted by Gasteiger charge is -2.36. The van der Waals surface area contributed by atoms with E-state index in [0.717, 1.165) is 45.6 Å². The number of carbonyl (C=O) groups excluding carboxylic acids is 1. The summed E-state index contributed by atoms with van der Waals surface area (Å²) in [5.41, 5.74) is 0.543. The third-order valence-electron chi connectivity index (χ3n) is 5.51. The molecule has 2 amide bonds. The van der Waals surface area contributed by atoms with Crippen LogP contribution < -0.4 is 10.6 Å². The van der Waals surface area contributed by atoms with Crippen LogP contribution >= 0.6 is 0 Å². The van der Waals surface area contributed by atoms with Crippen molar-refractivity contribution in [2.45, 2.75) is 31.8 Å². The molecule has 2 saturated heterocycles. The van der Waals surface area contributed by atoms with Gasteiger partial charge in [-0.15, -0.1) is 0 Å². The number of para-hydroxylation sites is 1. The van der Waals surface area contributed by atoms with Crippen LogP contribution in [-0.4, -0.2) is 85.7 Å². The number of carbonyl (C=O) groups is 1. The Kier molecular flexibility index (Phi) is 6.90. The molecule has 1 aromatic carbocycles. The summed E-state index contributed by atoms with van der Waals surface area (Å²) < 4.78 is 13.8. The molecular formula is C20H32FN5O. The molecule has 2 fully saturated rings. The van der Waals surface area contributed by atoms with Gasteiger partial charge in [0, 0.05) is 57.9 Å². The molecule has 6 nitrogen and oxygen atoms in total. The molecule has 150 valence electrons. The summed E-state index contributed by atoms with van der Waals surface area (Å²) in [7, 11) is 2.15.